The largest absolute Gasteiger partial charge is 0.366 e. The second-order valence-electron chi connectivity index (χ2n) is 4.96. The highest BCUT2D eigenvalue weighted by molar-refractivity contribution is 5.83. The van der Waals surface area contributed by atoms with E-state index in [1.165, 1.54) is 0 Å². The van der Waals surface area contributed by atoms with Crippen molar-refractivity contribution in [1.29, 1.82) is 0 Å². The number of nitrogens with two attached hydrogens (primary N) is 1. The van der Waals surface area contributed by atoms with E-state index in [1.807, 2.05) is 12.1 Å². The van der Waals surface area contributed by atoms with Gasteiger partial charge in [0.05, 0.1) is 17.7 Å². The summed E-state index contributed by atoms with van der Waals surface area (Å²) >= 11 is 0. The molecule has 3 N–H and O–H groups in total. The van der Waals surface area contributed by atoms with E-state index >= 15 is 0 Å². The second kappa shape index (κ2) is 4.57. The minimum Gasteiger partial charge on any atom is -0.366 e. The summed E-state index contributed by atoms with van der Waals surface area (Å²) in [5.74, 6) is 0.353. The minimum absolute atomic E-state index is 0.147. The van der Waals surface area contributed by atoms with Crippen molar-refractivity contribution in [2.45, 2.75) is 25.4 Å². The quantitative estimate of drug-likeness (QED) is 0.785. The van der Waals surface area contributed by atoms with Gasteiger partial charge in [0.2, 0.25) is 5.91 Å². The Morgan fingerprint density at radius 1 is 1.56 bits per heavy atom. The van der Waals surface area contributed by atoms with Gasteiger partial charge in [-0.1, -0.05) is 0 Å². The Hall–Kier alpha value is -1.62. The van der Waals surface area contributed by atoms with Gasteiger partial charge in [0.1, 0.15) is 0 Å². The average Bonchev–Trinajstić information content (AvgIpc) is 2.81. The van der Waals surface area contributed by atoms with Crippen LogP contribution in [0.4, 0.5) is 5.69 Å². The minimum atomic E-state index is 0.147. The Bertz CT molecular complexity index is 462. The van der Waals surface area contributed by atoms with Gasteiger partial charge in [-0.25, -0.2) is 0 Å². The third kappa shape index (κ3) is 1.84. The number of rotatable bonds is 2. The van der Waals surface area contributed by atoms with E-state index in [1.54, 1.807) is 6.20 Å². The summed E-state index contributed by atoms with van der Waals surface area (Å²) < 4.78 is 0. The van der Waals surface area contributed by atoms with Crippen LogP contribution in [0.25, 0.3) is 0 Å². The predicted molar refractivity (Wildman–Crippen MR) is 69.0 cm³/mol. The van der Waals surface area contributed by atoms with Crippen molar-refractivity contribution in [2.24, 2.45) is 11.7 Å². The van der Waals surface area contributed by atoms with Gasteiger partial charge in [-0.3, -0.25) is 9.78 Å². The smallest absolute Gasteiger partial charge is 0.225 e. The van der Waals surface area contributed by atoms with E-state index in [0.29, 0.717) is 12.6 Å². The Morgan fingerprint density at radius 3 is 3.28 bits per heavy atom. The molecule has 0 spiro atoms. The third-order valence-corrected chi connectivity index (χ3v) is 3.94. The molecule has 0 saturated carbocycles. The summed E-state index contributed by atoms with van der Waals surface area (Å²) in [6.07, 6.45) is 3.86. The van der Waals surface area contributed by atoms with Crippen molar-refractivity contribution in [1.82, 2.24) is 10.3 Å². The standard InChI is InChI=1S/C13H18N4O/c14-7-9-6-10(3-4-15-9)17-5-1-2-11-12(17)8-16-13(11)18/h3-4,6,11-12H,1-2,5,7-8,14H2,(H,16,18). The number of piperidine rings is 1. The van der Waals surface area contributed by atoms with E-state index in [-0.39, 0.29) is 11.8 Å². The Kier molecular flexibility index (Phi) is 2.91. The molecule has 3 heterocycles. The Labute approximate surface area is 106 Å². The zero-order valence-electron chi connectivity index (χ0n) is 10.3. The van der Waals surface area contributed by atoms with Crippen molar-refractivity contribution in [2.75, 3.05) is 18.0 Å². The topological polar surface area (TPSA) is 71.2 Å². The Balaban J connectivity index is 1.88. The van der Waals surface area contributed by atoms with Crippen LogP contribution < -0.4 is 16.0 Å². The summed E-state index contributed by atoms with van der Waals surface area (Å²) in [4.78, 5) is 18.3. The fourth-order valence-corrected chi connectivity index (χ4v) is 3.03. The van der Waals surface area contributed by atoms with Crippen LogP contribution in [-0.2, 0) is 11.3 Å². The second-order valence-corrected chi connectivity index (χ2v) is 4.96. The zero-order valence-corrected chi connectivity index (χ0v) is 10.3. The van der Waals surface area contributed by atoms with Gasteiger partial charge in [-0.2, -0.15) is 0 Å². The maximum atomic E-state index is 11.7. The predicted octanol–water partition coefficient (Wildman–Crippen LogP) is 0.255. The van der Waals surface area contributed by atoms with Gasteiger partial charge in [-0.05, 0) is 25.0 Å². The molecule has 96 valence electrons. The summed E-state index contributed by atoms with van der Waals surface area (Å²) in [5, 5.41) is 2.97. The molecular weight excluding hydrogens is 228 g/mol. The first kappa shape index (κ1) is 11.5. The number of pyridine rings is 1. The molecule has 1 aromatic rings. The molecular formula is C13H18N4O. The van der Waals surface area contributed by atoms with Gasteiger partial charge in [0.25, 0.3) is 0 Å². The maximum Gasteiger partial charge on any atom is 0.225 e. The lowest BCUT2D eigenvalue weighted by molar-refractivity contribution is -0.122. The molecule has 5 heteroatoms. The molecule has 0 radical (unpaired) electrons. The number of hydrogen-bond acceptors (Lipinski definition) is 4. The van der Waals surface area contributed by atoms with Gasteiger partial charge in [-0.15, -0.1) is 0 Å². The number of carbonyl (C=O) groups excluding carboxylic acids is 1. The van der Waals surface area contributed by atoms with Gasteiger partial charge in [0.15, 0.2) is 0 Å². The van der Waals surface area contributed by atoms with Crippen LogP contribution in [0.5, 0.6) is 0 Å². The van der Waals surface area contributed by atoms with Crippen molar-refractivity contribution >= 4 is 11.6 Å². The first-order valence-corrected chi connectivity index (χ1v) is 6.49. The normalized spacial score (nSPS) is 26.9. The van der Waals surface area contributed by atoms with Crippen LogP contribution in [0.15, 0.2) is 18.3 Å². The van der Waals surface area contributed by atoms with Crippen LogP contribution in [0, 0.1) is 5.92 Å². The van der Waals surface area contributed by atoms with E-state index < -0.39 is 0 Å². The van der Waals surface area contributed by atoms with Crippen LogP contribution in [-0.4, -0.2) is 30.0 Å². The van der Waals surface area contributed by atoms with Crippen LogP contribution in [0.3, 0.4) is 0 Å². The number of aromatic nitrogens is 1. The number of nitrogens with zero attached hydrogens (tertiary/aromatic N) is 2. The van der Waals surface area contributed by atoms with E-state index in [2.05, 4.69) is 15.2 Å². The molecule has 18 heavy (non-hydrogen) atoms. The van der Waals surface area contributed by atoms with E-state index in [0.717, 1.165) is 37.3 Å². The molecule has 1 amide bonds. The van der Waals surface area contributed by atoms with Crippen LogP contribution >= 0.6 is 0 Å². The van der Waals surface area contributed by atoms with Crippen molar-refractivity contribution in [3.63, 3.8) is 0 Å². The molecule has 2 saturated heterocycles. The number of carbonyl (C=O) groups is 1. The highest BCUT2D eigenvalue weighted by atomic mass is 16.2. The molecule has 2 aliphatic rings. The molecule has 0 bridgehead atoms. The molecule has 2 fully saturated rings. The van der Waals surface area contributed by atoms with Crippen molar-refractivity contribution in [3.05, 3.63) is 24.0 Å². The van der Waals surface area contributed by atoms with Gasteiger partial charge < -0.3 is 16.0 Å². The van der Waals surface area contributed by atoms with Gasteiger partial charge in [0, 0.05) is 31.5 Å². The fourth-order valence-electron chi connectivity index (χ4n) is 3.03. The lowest BCUT2D eigenvalue weighted by Gasteiger charge is -2.37. The molecule has 1 aromatic heterocycles. The lowest BCUT2D eigenvalue weighted by Crippen LogP contribution is -2.45. The van der Waals surface area contributed by atoms with Crippen LogP contribution in [0.1, 0.15) is 18.5 Å². The summed E-state index contributed by atoms with van der Waals surface area (Å²) in [5.41, 5.74) is 7.66. The summed E-state index contributed by atoms with van der Waals surface area (Å²) in [6, 6.07) is 4.33. The maximum absolute atomic E-state index is 11.7. The van der Waals surface area contributed by atoms with Crippen molar-refractivity contribution in [3.8, 4) is 0 Å². The lowest BCUT2D eigenvalue weighted by atomic mass is 9.91. The third-order valence-electron chi connectivity index (χ3n) is 3.94. The molecule has 5 nitrogen and oxygen atoms in total. The SMILES string of the molecule is NCc1cc(N2CCCC3C(=O)NCC32)ccn1. The highest BCUT2D eigenvalue weighted by Crippen LogP contribution is 2.31. The number of fused-ring (bicyclic) bond motifs is 1. The summed E-state index contributed by atoms with van der Waals surface area (Å²) in [6.45, 7) is 2.21. The molecule has 2 unspecified atom stereocenters. The fraction of sp³-hybridized carbons (Fsp3) is 0.538. The average molecular weight is 246 g/mol. The Morgan fingerprint density at radius 2 is 2.44 bits per heavy atom. The number of nitrogens with one attached hydrogen (secondary N) is 1. The van der Waals surface area contributed by atoms with Gasteiger partial charge >= 0.3 is 0 Å². The zero-order chi connectivity index (χ0) is 12.5. The molecule has 2 aliphatic heterocycles. The van der Waals surface area contributed by atoms with Crippen molar-refractivity contribution < 1.29 is 4.79 Å². The molecule has 0 aromatic carbocycles. The first-order chi connectivity index (χ1) is 8.79. The highest BCUT2D eigenvalue weighted by Gasteiger charge is 2.40. The molecule has 2 atom stereocenters. The first-order valence-electron chi connectivity index (χ1n) is 6.49. The van der Waals surface area contributed by atoms with E-state index in [4.69, 9.17) is 5.73 Å². The molecule has 0 aliphatic carbocycles. The number of hydrogen-bond donors (Lipinski definition) is 2. The van der Waals surface area contributed by atoms with Crippen LogP contribution in [0.2, 0.25) is 0 Å². The van der Waals surface area contributed by atoms with E-state index in [9.17, 15) is 4.79 Å². The summed E-state index contributed by atoms with van der Waals surface area (Å²) in [7, 11) is 0. The number of anilines is 1. The monoisotopic (exact) mass is 246 g/mol. The number of amides is 1. The molecule has 3 rings (SSSR count).